The molecule has 7 heteroatoms. The Morgan fingerprint density at radius 2 is 1.88 bits per heavy atom. The molecule has 1 heterocycles. The third kappa shape index (κ3) is 4.49. The van der Waals surface area contributed by atoms with E-state index < -0.39 is 23.9 Å². The highest BCUT2D eigenvalue weighted by Gasteiger charge is 2.49. The van der Waals surface area contributed by atoms with Crippen LogP contribution in [0.5, 0.6) is 0 Å². The topological polar surface area (TPSA) is 29.5 Å². The first-order valence-electron chi connectivity index (χ1n) is 8.22. The molecule has 1 aliphatic rings. The molecule has 1 aromatic rings. The predicted octanol–water partition coefficient (Wildman–Crippen LogP) is 6.19. The first-order chi connectivity index (χ1) is 11.3. The molecule has 0 spiro atoms. The molecule has 25 heavy (non-hydrogen) atoms. The van der Waals surface area contributed by atoms with Gasteiger partial charge in [-0.25, -0.2) is 4.79 Å². The van der Waals surface area contributed by atoms with Gasteiger partial charge in [-0.2, -0.15) is 13.2 Å². The van der Waals surface area contributed by atoms with Crippen molar-refractivity contribution in [3.63, 3.8) is 0 Å². The summed E-state index contributed by atoms with van der Waals surface area (Å²) in [7, 11) is 0. The van der Waals surface area contributed by atoms with Crippen LogP contribution in [-0.4, -0.2) is 23.9 Å². The summed E-state index contributed by atoms with van der Waals surface area (Å²) in [6.07, 6.45) is -5.42. The lowest BCUT2D eigenvalue weighted by molar-refractivity contribution is -0.150. The summed E-state index contributed by atoms with van der Waals surface area (Å²) >= 11 is 3.37. The van der Waals surface area contributed by atoms with Crippen LogP contribution in [0.3, 0.4) is 0 Å². The molecule has 1 atom stereocenters. The summed E-state index contributed by atoms with van der Waals surface area (Å²) in [4.78, 5) is 13.3. The van der Waals surface area contributed by atoms with Gasteiger partial charge >= 0.3 is 12.3 Å². The third-order valence-electron chi connectivity index (χ3n) is 4.04. The van der Waals surface area contributed by atoms with Crippen molar-refractivity contribution in [3.8, 4) is 0 Å². The molecule has 2 rings (SSSR count). The Morgan fingerprint density at radius 3 is 2.36 bits per heavy atom. The minimum atomic E-state index is -4.52. The van der Waals surface area contributed by atoms with E-state index in [1.165, 1.54) is 0 Å². The van der Waals surface area contributed by atoms with Gasteiger partial charge in [0, 0.05) is 4.47 Å². The van der Waals surface area contributed by atoms with Gasteiger partial charge in [-0.1, -0.05) is 19.9 Å². The number of alkyl halides is 3. The highest BCUT2D eigenvalue weighted by atomic mass is 79.9. The number of anilines is 1. The molecular weight excluding hydrogens is 399 g/mol. The minimum Gasteiger partial charge on any atom is -0.443 e. The first kappa shape index (κ1) is 20.1. The van der Waals surface area contributed by atoms with Crippen molar-refractivity contribution in [2.24, 2.45) is 0 Å². The van der Waals surface area contributed by atoms with E-state index >= 15 is 0 Å². The van der Waals surface area contributed by atoms with E-state index in [9.17, 15) is 18.0 Å². The largest absolute Gasteiger partial charge is 0.443 e. The van der Waals surface area contributed by atoms with Gasteiger partial charge in [-0.15, -0.1) is 0 Å². The van der Waals surface area contributed by atoms with Crippen molar-refractivity contribution in [3.05, 3.63) is 27.7 Å². The monoisotopic (exact) mass is 421 g/mol. The molecule has 0 fully saturated rings. The number of rotatable bonds is 1. The number of amides is 1. The fourth-order valence-electron chi connectivity index (χ4n) is 2.89. The normalized spacial score (nSPS) is 18.3. The summed E-state index contributed by atoms with van der Waals surface area (Å²) in [5, 5.41) is 0. The zero-order chi connectivity index (χ0) is 19.2. The highest BCUT2D eigenvalue weighted by Crippen LogP contribution is 2.44. The van der Waals surface area contributed by atoms with E-state index in [0.717, 1.165) is 16.0 Å². The Hall–Kier alpha value is -1.24. The molecule has 0 saturated carbocycles. The van der Waals surface area contributed by atoms with Crippen molar-refractivity contribution in [2.75, 3.05) is 4.90 Å². The Morgan fingerprint density at radius 1 is 1.28 bits per heavy atom. The summed E-state index contributed by atoms with van der Waals surface area (Å²) < 4.78 is 46.4. The van der Waals surface area contributed by atoms with Gasteiger partial charge in [-0.05, 0) is 72.7 Å². The zero-order valence-electron chi connectivity index (χ0n) is 15.0. The molecule has 1 aliphatic heterocycles. The van der Waals surface area contributed by atoms with Gasteiger partial charge in [0.2, 0.25) is 0 Å². The molecule has 1 unspecified atom stereocenters. The maximum Gasteiger partial charge on any atom is 0.415 e. The SMILES string of the molecule is CC(C)c1cc(Br)c2c(c1)CCC(C(F)(F)F)N2C(=O)OC(C)(C)C. The number of hydrogen-bond acceptors (Lipinski definition) is 2. The number of aryl methyl sites for hydroxylation is 1. The summed E-state index contributed by atoms with van der Waals surface area (Å²) in [5.41, 5.74) is 1.12. The standard InChI is InChI=1S/C18H23BrF3NO2/c1-10(2)12-8-11-6-7-14(18(20,21)22)23(15(11)13(19)9-12)16(24)25-17(3,4)5/h8-10,14H,6-7H2,1-5H3. The average molecular weight is 422 g/mol. The molecule has 0 N–H and O–H groups in total. The maximum atomic E-state index is 13.6. The molecule has 1 aromatic carbocycles. The van der Waals surface area contributed by atoms with Gasteiger partial charge < -0.3 is 4.74 Å². The van der Waals surface area contributed by atoms with Crippen molar-refractivity contribution < 1.29 is 22.7 Å². The van der Waals surface area contributed by atoms with Crippen molar-refractivity contribution >= 4 is 27.7 Å². The predicted molar refractivity (Wildman–Crippen MR) is 95.1 cm³/mol. The van der Waals surface area contributed by atoms with Gasteiger partial charge in [0.1, 0.15) is 11.6 Å². The Kier molecular flexibility index (Phi) is 5.47. The summed E-state index contributed by atoms with van der Waals surface area (Å²) in [6.45, 7) is 8.93. The van der Waals surface area contributed by atoms with Gasteiger partial charge in [0.25, 0.3) is 0 Å². The highest BCUT2D eigenvalue weighted by molar-refractivity contribution is 9.10. The molecule has 0 bridgehead atoms. The Balaban J connectivity index is 2.57. The molecular formula is C18H23BrF3NO2. The molecule has 1 amide bonds. The van der Waals surface area contributed by atoms with Gasteiger partial charge in [-0.3, -0.25) is 4.90 Å². The quantitative estimate of drug-likeness (QED) is 0.540. The van der Waals surface area contributed by atoms with Crippen LogP contribution in [0.1, 0.15) is 58.1 Å². The molecule has 0 radical (unpaired) electrons. The fraction of sp³-hybridized carbons (Fsp3) is 0.611. The van der Waals surface area contributed by atoms with Gasteiger partial charge in [0.15, 0.2) is 0 Å². The van der Waals surface area contributed by atoms with Crippen molar-refractivity contribution in [1.82, 2.24) is 0 Å². The third-order valence-corrected chi connectivity index (χ3v) is 4.64. The van der Waals surface area contributed by atoms with E-state index in [-0.39, 0.29) is 24.4 Å². The fourth-order valence-corrected chi connectivity index (χ4v) is 3.60. The Bertz CT molecular complexity index is 666. The number of carbonyl (C=O) groups excluding carboxylic acids is 1. The first-order valence-corrected chi connectivity index (χ1v) is 9.02. The van der Waals surface area contributed by atoms with Crippen molar-refractivity contribution in [1.29, 1.82) is 0 Å². The van der Waals surface area contributed by atoms with Crippen LogP contribution in [0.15, 0.2) is 16.6 Å². The van der Waals surface area contributed by atoms with Crippen LogP contribution in [0.4, 0.5) is 23.7 Å². The van der Waals surface area contributed by atoms with Crippen molar-refractivity contribution in [2.45, 2.75) is 71.2 Å². The Labute approximate surface area is 154 Å². The lowest BCUT2D eigenvalue weighted by atomic mass is 9.91. The number of carbonyl (C=O) groups is 1. The molecule has 3 nitrogen and oxygen atoms in total. The number of fused-ring (bicyclic) bond motifs is 1. The lowest BCUT2D eigenvalue weighted by Gasteiger charge is -2.39. The number of ether oxygens (including phenoxy) is 1. The van der Waals surface area contributed by atoms with Crippen LogP contribution in [-0.2, 0) is 11.2 Å². The summed E-state index contributed by atoms with van der Waals surface area (Å²) in [6, 6.07) is 1.77. The van der Waals surface area contributed by atoms with Crippen LogP contribution in [0, 0.1) is 0 Å². The van der Waals surface area contributed by atoms with Crippen LogP contribution < -0.4 is 4.90 Å². The van der Waals surface area contributed by atoms with Crippen LogP contribution in [0.25, 0.3) is 0 Å². The number of halogens is 4. The van der Waals surface area contributed by atoms with E-state index in [1.54, 1.807) is 26.8 Å². The lowest BCUT2D eigenvalue weighted by Crippen LogP contribution is -2.53. The zero-order valence-corrected chi connectivity index (χ0v) is 16.6. The van der Waals surface area contributed by atoms with E-state index in [0.29, 0.717) is 4.47 Å². The van der Waals surface area contributed by atoms with E-state index in [2.05, 4.69) is 15.9 Å². The second kappa shape index (κ2) is 6.82. The number of benzene rings is 1. The molecule has 0 aromatic heterocycles. The summed E-state index contributed by atoms with van der Waals surface area (Å²) in [5.74, 6) is 0.233. The molecule has 0 aliphatic carbocycles. The number of nitrogens with zero attached hydrogens (tertiary/aromatic N) is 1. The second-order valence-electron chi connectivity index (χ2n) is 7.61. The van der Waals surface area contributed by atoms with Crippen LogP contribution >= 0.6 is 15.9 Å². The average Bonchev–Trinajstić information content (AvgIpc) is 2.42. The minimum absolute atomic E-state index is 0.177. The second-order valence-corrected chi connectivity index (χ2v) is 8.47. The van der Waals surface area contributed by atoms with Gasteiger partial charge in [0.05, 0.1) is 5.69 Å². The van der Waals surface area contributed by atoms with Crippen LogP contribution in [0.2, 0.25) is 0 Å². The smallest absolute Gasteiger partial charge is 0.415 e. The molecule has 140 valence electrons. The van der Waals surface area contributed by atoms with E-state index in [1.807, 2.05) is 19.9 Å². The van der Waals surface area contributed by atoms with E-state index in [4.69, 9.17) is 4.74 Å². The maximum absolute atomic E-state index is 13.6. The number of hydrogen-bond donors (Lipinski definition) is 0. The molecule has 0 saturated heterocycles.